The predicted molar refractivity (Wildman–Crippen MR) is 189 cm³/mol. The van der Waals surface area contributed by atoms with Crippen molar-refractivity contribution in [3.05, 3.63) is 99.3 Å². The minimum Gasteiger partial charge on any atom is -0.453 e. The molecular formula is C37H46ClN7O4. The number of nitrogens with one attached hydrogen (secondary N) is 3. The van der Waals surface area contributed by atoms with Crippen LogP contribution in [-0.4, -0.2) is 76.4 Å². The first-order valence-electron chi connectivity index (χ1n) is 17.0. The van der Waals surface area contributed by atoms with Gasteiger partial charge in [-0.15, -0.1) is 10.2 Å². The zero-order chi connectivity index (χ0) is 34.8. The van der Waals surface area contributed by atoms with Crippen molar-refractivity contribution in [1.82, 2.24) is 36.2 Å². The summed E-state index contributed by atoms with van der Waals surface area (Å²) in [6, 6.07) is 19.9. The first-order valence-corrected chi connectivity index (χ1v) is 17.4. The molecule has 1 saturated heterocycles. The van der Waals surface area contributed by atoms with E-state index in [9.17, 15) is 14.7 Å². The SMILES string of the molecule is CCc1cccc(-c2c(Cl)cccc2C(O)(CCCNC(=O)OC)[C@@H]2CCCN(C(=O)c3ccc(CNC)cc3CCc3nn[nH]n3)C2)c1. The van der Waals surface area contributed by atoms with Crippen LogP contribution in [-0.2, 0) is 36.1 Å². The molecule has 5 rings (SSSR count). The van der Waals surface area contributed by atoms with Gasteiger partial charge in [-0.05, 0) is 85.5 Å². The normalized spacial score (nSPS) is 15.9. The molecule has 0 bridgehead atoms. The molecule has 1 aliphatic heterocycles. The number of aryl methyl sites for hydroxylation is 3. The summed E-state index contributed by atoms with van der Waals surface area (Å²) < 4.78 is 4.76. The number of nitrogens with zero attached hydrogens (tertiary/aromatic N) is 4. The van der Waals surface area contributed by atoms with Crippen LogP contribution in [0.4, 0.5) is 4.79 Å². The van der Waals surface area contributed by atoms with Gasteiger partial charge in [0.25, 0.3) is 5.91 Å². The molecule has 1 aliphatic rings. The van der Waals surface area contributed by atoms with Crippen LogP contribution in [0.3, 0.4) is 0 Å². The minimum absolute atomic E-state index is 0.0690. The van der Waals surface area contributed by atoms with Crippen molar-refractivity contribution in [2.75, 3.05) is 33.8 Å². The number of halogens is 1. The molecule has 0 saturated carbocycles. The number of methoxy groups -OCH3 is 1. The molecule has 4 N–H and O–H groups in total. The van der Waals surface area contributed by atoms with Gasteiger partial charge in [-0.1, -0.05) is 72.3 Å². The van der Waals surface area contributed by atoms with Crippen LogP contribution in [0.5, 0.6) is 0 Å². The largest absolute Gasteiger partial charge is 0.453 e. The zero-order valence-corrected chi connectivity index (χ0v) is 29.2. The minimum atomic E-state index is -1.35. The lowest BCUT2D eigenvalue weighted by atomic mass is 9.72. The number of hydrogen-bond donors (Lipinski definition) is 4. The van der Waals surface area contributed by atoms with E-state index in [1.807, 2.05) is 54.4 Å². The molecule has 1 unspecified atom stereocenters. The van der Waals surface area contributed by atoms with E-state index in [4.69, 9.17) is 16.3 Å². The number of carbonyl (C=O) groups is 2. The Morgan fingerprint density at radius 3 is 2.71 bits per heavy atom. The van der Waals surface area contributed by atoms with Crippen molar-refractivity contribution in [1.29, 1.82) is 0 Å². The quantitative estimate of drug-likeness (QED) is 0.128. The first-order chi connectivity index (χ1) is 23.8. The zero-order valence-electron chi connectivity index (χ0n) is 28.5. The number of likely N-dealkylation sites (tertiary alicyclic amines) is 1. The second-order valence-electron chi connectivity index (χ2n) is 12.6. The third-order valence-corrected chi connectivity index (χ3v) is 9.78. The van der Waals surface area contributed by atoms with E-state index in [1.165, 1.54) is 12.7 Å². The Balaban J connectivity index is 1.48. The van der Waals surface area contributed by atoms with E-state index in [1.54, 1.807) is 0 Å². The van der Waals surface area contributed by atoms with Gasteiger partial charge in [-0.25, -0.2) is 4.79 Å². The summed E-state index contributed by atoms with van der Waals surface area (Å²) in [6.45, 7) is 4.06. The number of rotatable bonds is 14. The summed E-state index contributed by atoms with van der Waals surface area (Å²) in [7, 11) is 3.22. The lowest BCUT2D eigenvalue weighted by molar-refractivity contribution is -0.0563. The molecule has 0 aliphatic carbocycles. The van der Waals surface area contributed by atoms with Crippen LogP contribution >= 0.6 is 11.6 Å². The molecule has 2 atom stereocenters. The Hall–Kier alpha value is -4.32. The maximum absolute atomic E-state index is 14.3. The molecule has 0 spiro atoms. The molecule has 1 fully saturated rings. The maximum Gasteiger partial charge on any atom is 0.406 e. The number of alkyl carbamates (subject to hydrolysis) is 1. The molecule has 2 amide bonds. The average molecular weight is 688 g/mol. The van der Waals surface area contributed by atoms with Crippen molar-refractivity contribution in [3.8, 4) is 11.1 Å². The van der Waals surface area contributed by atoms with E-state index in [0.29, 0.717) is 68.3 Å². The van der Waals surface area contributed by atoms with E-state index in [2.05, 4.69) is 56.4 Å². The highest BCUT2D eigenvalue weighted by Gasteiger charge is 2.43. The molecule has 2 heterocycles. The third kappa shape index (κ3) is 8.65. The van der Waals surface area contributed by atoms with Crippen molar-refractivity contribution < 1.29 is 19.4 Å². The molecule has 1 aromatic heterocycles. The summed E-state index contributed by atoms with van der Waals surface area (Å²) in [5.41, 5.74) is 4.89. The van der Waals surface area contributed by atoms with Crippen LogP contribution in [0.2, 0.25) is 5.02 Å². The van der Waals surface area contributed by atoms with Crippen molar-refractivity contribution in [2.24, 2.45) is 5.92 Å². The van der Waals surface area contributed by atoms with Crippen LogP contribution < -0.4 is 10.6 Å². The summed E-state index contributed by atoms with van der Waals surface area (Å²) in [6.07, 6.45) is 3.75. The van der Waals surface area contributed by atoms with Crippen molar-refractivity contribution in [2.45, 2.75) is 64.0 Å². The molecule has 0 radical (unpaired) electrons. The second-order valence-corrected chi connectivity index (χ2v) is 13.0. The number of tetrazole rings is 1. The maximum atomic E-state index is 14.3. The lowest BCUT2D eigenvalue weighted by Gasteiger charge is -2.44. The van der Waals surface area contributed by atoms with Gasteiger partial charge in [0.1, 0.15) is 0 Å². The standard InChI is InChI=1S/C37H46ClN7O4/c1-4-25-9-5-10-28(21-25)34-31(12-6-13-32(34)38)37(48,18-8-19-40-36(47)49-3)29-11-7-20-45(24-29)35(46)30-16-14-26(23-39-2)22-27(30)15-17-33-41-43-44-42-33/h5-6,9-10,12-14,16,21-22,29,39,48H,4,7-8,11,15,17-20,23-24H2,1-3H3,(H,40,47)(H,41,42,43,44)/t29-,37?/m1/s1. The Labute approximate surface area is 292 Å². The van der Waals surface area contributed by atoms with Crippen molar-refractivity contribution in [3.63, 3.8) is 0 Å². The fraction of sp³-hybridized carbons (Fsp3) is 0.432. The Kier molecular flexibility index (Phi) is 12.4. The number of hydrogen-bond acceptors (Lipinski definition) is 8. The molecule has 49 heavy (non-hydrogen) atoms. The van der Waals surface area contributed by atoms with Crippen LogP contribution in [0.1, 0.15) is 71.0 Å². The predicted octanol–water partition coefficient (Wildman–Crippen LogP) is 5.46. The molecule has 260 valence electrons. The third-order valence-electron chi connectivity index (χ3n) is 9.47. The van der Waals surface area contributed by atoms with E-state index < -0.39 is 11.7 Å². The van der Waals surface area contributed by atoms with E-state index in [0.717, 1.165) is 47.1 Å². The highest BCUT2D eigenvalue weighted by atomic mass is 35.5. The second kappa shape index (κ2) is 16.9. The highest BCUT2D eigenvalue weighted by molar-refractivity contribution is 6.33. The van der Waals surface area contributed by atoms with Crippen LogP contribution in [0.25, 0.3) is 11.1 Å². The number of benzene rings is 3. The number of H-pyrrole nitrogens is 1. The number of amides is 2. The monoisotopic (exact) mass is 687 g/mol. The Morgan fingerprint density at radius 2 is 1.96 bits per heavy atom. The van der Waals surface area contributed by atoms with Crippen LogP contribution in [0.15, 0.2) is 60.7 Å². The van der Waals surface area contributed by atoms with Gasteiger partial charge in [0, 0.05) is 54.7 Å². The van der Waals surface area contributed by atoms with Gasteiger partial charge in [0.15, 0.2) is 5.82 Å². The van der Waals surface area contributed by atoms with Gasteiger partial charge in [-0.3, -0.25) is 4.79 Å². The summed E-state index contributed by atoms with van der Waals surface area (Å²) >= 11 is 6.94. The fourth-order valence-electron chi connectivity index (χ4n) is 6.94. The van der Waals surface area contributed by atoms with Crippen molar-refractivity contribution >= 4 is 23.6 Å². The van der Waals surface area contributed by atoms with E-state index >= 15 is 0 Å². The molecule has 12 heteroatoms. The number of aromatic amines is 1. The average Bonchev–Trinajstić information content (AvgIpc) is 3.66. The Bertz CT molecular complexity index is 1720. The van der Waals surface area contributed by atoms with Crippen LogP contribution in [0, 0.1) is 5.92 Å². The molecule has 11 nitrogen and oxygen atoms in total. The number of aromatic nitrogens is 4. The number of ether oxygens (including phenoxy) is 1. The number of carbonyl (C=O) groups excluding carboxylic acids is 2. The van der Waals surface area contributed by atoms with Gasteiger partial charge >= 0.3 is 6.09 Å². The number of aliphatic hydroxyl groups is 1. The van der Waals surface area contributed by atoms with Gasteiger partial charge in [-0.2, -0.15) is 5.21 Å². The smallest absolute Gasteiger partial charge is 0.406 e. The lowest BCUT2D eigenvalue weighted by Crippen LogP contribution is -2.48. The summed E-state index contributed by atoms with van der Waals surface area (Å²) in [4.78, 5) is 28.0. The van der Waals surface area contributed by atoms with E-state index in [-0.39, 0.29) is 11.8 Å². The highest BCUT2D eigenvalue weighted by Crippen LogP contribution is 2.46. The first kappa shape index (κ1) is 36.0. The summed E-state index contributed by atoms with van der Waals surface area (Å²) in [5.74, 6) is 0.228. The van der Waals surface area contributed by atoms with Gasteiger partial charge < -0.3 is 25.4 Å². The molecule has 4 aromatic rings. The fourth-order valence-corrected chi connectivity index (χ4v) is 7.22. The summed E-state index contributed by atoms with van der Waals surface area (Å²) in [5, 5.41) is 33.8. The van der Waals surface area contributed by atoms with Gasteiger partial charge in [0.2, 0.25) is 0 Å². The molecular weight excluding hydrogens is 642 g/mol. The Morgan fingerprint density at radius 1 is 1.12 bits per heavy atom. The van der Waals surface area contributed by atoms with Gasteiger partial charge in [0.05, 0.1) is 12.7 Å². The topological polar surface area (TPSA) is 145 Å². The molecule has 3 aromatic carbocycles. The number of piperidine rings is 1.